The maximum absolute atomic E-state index is 11.1. The first-order valence-corrected chi connectivity index (χ1v) is 5.91. The van der Waals surface area contributed by atoms with Crippen LogP contribution in [0.5, 0.6) is 11.5 Å². The van der Waals surface area contributed by atoms with Gasteiger partial charge in [-0.15, -0.1) is 11.3 Å². The Morgan fingerprint density at radius 1 is 1.56 bits per heavy atom. The van der Waals surface area contributed by atoms with Crippen LogP contribution >= 0.6 is 11.3 Å². The topological polar surface area (TPSA) is 44.8 Å². The summed E-state index contributed by atoms with van der Waals surface area (Å²) in [5, 5.41) is 1.87. The van der Waals surface area contributed by atoms with E-state index in [1.54, 1.807) is 13.0 Å². The molecule has 0 radical (unpaired) electrons. The number of esters is 1. The van der Waals surface area contributed by atoms with Crippen LogP contribution < -0.4 is 9.47 Å². The number of ether oxygens (including phenoxy) is 3. The Balaban J connectivity index is 2.10. The van der Waals surface area contributed by atoms with Gasteiger partial charge >= 0.3 is 5.97 Å². The van der Waals surface area contributed by atoms with Crippen molar-refractivity contribution in [1.29, 1.82) is 0 Å². The number of rotatable bonds is 3. The van der Waals surface area contributed by atoms with Crippen molar-refractivity contribution < 1.29 is 19.0 Å². The van der Waals surface area contributed by atoms with Gasteiger partial charge in [0.1, 0.15) is 13.2 Å². The molecule has 0 fully saturated rings. The van der Waals surface area contributed by atoms with Crippen LogP contribution in [0.3, 0.4) is 0 Å². The van der Waals surface area contributed by atoms with Crippen LogP contribution in [0.2, 0.25) is 0 Å². The van der Waals surface area contributed by atoms with Crippen LogP contribution in [0.25, 0.3) is 6.08 Å². The second-order valence-electron chi connectivity index (χ2n) is 3.08. The quantitative estimate of drug-likeness (QED) is 0.599. The Kier molecular flexibility index (Phi) is 3.46. The van der Waals surface area contributed by atoms with Gasteiger partial charge in [0.25, 0.3) is 0 Å². The second kappa shape index (κ2) is 5.03. The van der Waals surface area contributed by atoms with Gasteiger partial charge in [0.2, 0.25) is 0 Å². The summed E-state index contributed by atoms with van der Waals surface area (Å²) in [4.78, 5) is 12.0. The zero-order chi connectivity index (χ0) is 11.4. The van der Waals surface area contributed by atoms with Crippen LogP contribution in [0.1, 0.15) is 11.8 Å². The minimum absolute atomic E-state index is 0.346. The number of hydrogen-bond donors (Lipinski definition) is 0. The number of carbonyl (C=O) groups excluding carboxylic acids is 1. The average Bonchev–Trinajstić information content (AvgIpc) is 2.70. The minimum Gasteiger partial charge on any atom is -0.485 e. The molecule has 0 saturated carbocycles. The molecule has 1 aromatic heterocycles. The van der Waals surface area contributed by atoms with Crippen molar-refractivity contribution in [3.63, 3.8) is 0 Å². The first-order chi connectivity index (χ1) is 7.81. The summed E-state index contributed by atoms with van der Waals surface area (Å²) in [7, 11) is 0. The highest BCUT2D eigenvalue weighted by Gasteiger charge is 2.16. The third kappa shape index (κ3) is 2.36. The minimum atomic E-state index is -0.346. The lowest BCUT2D eigenvalue weighted by molar-refractivity contribution is -0.137. The molecule has 0 spiro atoms. The lowest BCUT2D eigenvalue weighted by atomic mass is 10.3. The zero-order valence-electron chi connectivity index (χ0n) is 8.89. The fourth-order valence-electron chi connectivity index (χ4n) is 1.33. The molecule has 2 rings (SSSR count). The molecular formula is C11H12O4S. The van der Waals surface area contributed by atoms with Crippen molar-refractivity contribution in [2.75, 3.05) is 19.8 Å². The van der Waals surface area contributed by atoms with E-state index in [1.807, 2.05) is 5.38 Å². The van der Waals surface area contributed by atoms with Crippen LogP contribution in [0.15, 0.2) is 11.5 Å². The van der Waals surface area contributed by atoms with Crippen molar-refractivity contribution in [1.82, 2.24) is 0 Å². The Labute approximate surface area is 97.4 Å². The number of fused-ring (bicyclic) bond motifs is 1. The predicted molar refractivity (Wildman–Crippen MR) is 61.0 cm³/mol. The fraction of sp³-hybridized carbons (Fsp3) is 0.364. The molecule has 5 heteroatoms. The summed E-state index contributed by atoms with van der Waals surface area (Å²) >= 11 is 1.48. The zero-order valence-corrected chi connectivity index (χ0v) is 9.71. The number of hydrogen-bond acceptors (Lipinski definition) is 5. The Bertz CT molecular complexity index is 408. The van der Waals surface area contributed by atoms with Gasteiger partial charge in [-0.2, -0.15) is 0 Å². The van der Waals surface area contributed by atoms with Gasteiger partial charge in [-0.25, -0.2) is 4.79 Å². The summed E-state index contributed by atoms with van der Waals surface area (Å²) in [6.45, 7) is 3.27. The third-order valence-electron chi connectivity index (χ3n) is 1.99. The van der Waals surface area contributed by atoms with Gasteiger partial charge in [-0.05, 0) is 13.0 Å². The molecule has 1 aliphatic rings. The van der Waals surface area contributed by atoms with Gasteiger partial charge in [0.05, 0.1) is 11.5 Å². The lowest BCUT2D eigenvalue weighted by Gasteiger charge is -2.15. The smallest absolute Gasteiger partial charge is 0.330 e. The highest BCUT2D eigenvalue weighted by atomic mass is 32.1. The monoisotopic (exact) mass is 240 g/mol. The normalized spacial score (nSPS) is 14.1. The first-order valence-electron chi connectivity index (χ1n) is 5.03. The van der Waals surface area contributed by atoms with Crippen molar-refractivity contribution >= 4 is 23.4 Å². The molecule has 0 atom stereocenters. The van der Waals surface area contributed by atoms with E-state index in [0.29, 0.717) is 19.8 Å². The van der Waals surface area contributed by atoms with Crippen LogP contribution in [-0.2, 0) is 9.53 Å². The van der Waals surface area contributed by atoms with Gasteiger partial charge in [-0.1, -0.05) is 0 Å². The van der Waals surface area contributed by atoms with Gasteiger partial charge in [-0.3, -0.25) is 0 Å². The second-order valence-corrected chi connectivity index (χ2v) is 3.99. The van der Waals surface area contributed by atoms with Crippen molar-refractivity contribution in [2.24, 2.45) is 0 Å². The molecule has 1 aromatic rings. The lowest BCUT2D eigenvalue weighted by Crippen LogP contribution is -2.14. The Hall–Kier alpha value is -1.49. The molecule has 86 valence electrons. The van der Waals surface area contributed by atoms with E-state index >= 15 is 0 Å². The van der Waals surface area contributed by atoms with Gasteiger partial charge in [0.15, 0.2) is 11.5 Å². The molecule has 0 N–H and O–H groups in total. The van der Waals surface area contributed by atoms with E-state index in [1.165, 1.54) is 17.4 Å². The Morgan fingerprint density at radius 3 is 3.19 bits per heavy atom. The molecule has 0 aliphatic carbocycles. The van der Waals surface area contributed by atoms with Crippen molar-refractivity contribution in [3.05, 3.63) is 16.3 Å². The molecule has 0 bridgehead atoms. The maximum Gasteiger partial charge on any atom is 0.330 e. The summed E-state index contributed by atoms with van der Waals surface area (Å²) in [5.74, 6) is 1.12. The summed E-state index contributed by atoms with van der Waals surface area (Å²) in [5.41, 5.74) is 0. The van der Waals surface area contributed by atoms with E-state index in [4.69, 9.17) is 14.2 Å². The van der Waals surface area contributed by atoms with E-state index in [2.05, 4.69) is 0 Å². The molecule has 0 saturated heterocycles. The Morgan fingerprint density at radius 2 is 2.38 bits per heavy atom. The molecule has 4 nitrogen and oxygen atoms in total. The molecule has 2 heterocycles. The molecule has 16 heavy (non-hydrogen) atoms. The molecule has 0 aromatic carbocycles. The molecular weight excluding hydrogens is 228 g/mol. The van der Waals surface area contributed by atoms with Crippen molar-refractivity contribution in [2.45, 2.75) is 6.92 Å². The van der Waals surface area contributed by atoms with E-state index in [0.717, 1.165) is 16.4 Å². The molecule has 1 aliphatic heterocycles. The standard InChI is InChI=1S/C11H12O4S/c1-2-13-10(12)4-3-9-11-8(7-16-9)14-5-6-15-11/h3-4,7H,2,5-6H2,1H3. The summed E-state index contributed by atoms with van der Waals surface area (Å²) in [6, 6.07) is 0. The summed E-state index contributed by atoms with van der Waals surface area (Å²) < 4.78 is 15.7. The van der Waals surface area contributed by atoms with E-state index in [-0.39, 0.29) is 5.97 Å². The first kappa shape index (κ1) is 11.0. The van der Waals surface area contributed by atoms with Crippen LogP contribution in [0, 0.1) is 0 Å². The maximum atomic E-state index is 11.1. The fourth-order valence-corrected chi connectivity index (χ4v) is 2.15. The van der Waals surface area contributed by atoms with Gasteiger partial charge < -0.3 is 14.2 Å². The van der Waals surface area contributed by atoms with Crippen LogP contribution in [-0.4, -0.2) is 25.8 Å². The number of thiophene rings is 1. The van der Waals surface area contributed by atoms with E-state index < -0.39 is 0 Å². The van der Waals surface area contributed by atoms with Crippen molar-refractivity contribution in [3.8, 4) is 11.5 Å². The molecule has 0 unspecified atom stereocenters. The average molecular weight is 240 g/mol. The van der Waals surface area contributed by atoms with E-state index in [9.17, 15) is 4.79 Å². The van der Waals surface area contributed by atoms with Gasteiger partial charge in [0, 0.05) is 11.5 Å². The molecule has 0 amide bonds. The third-order valence-corrected chi connectivity index (χ3v) is 2.89. The highest BCUT2D eigenvalue weighted by Crippen LogP contribution is 2.39. The van der Waals surface area contributed by atoms with Crippen LogP contribution in [0.4, 0.5) is 0 Å². The highest BCUT2D eigenvalue weighted by molar-refractivity contribution is 7.11. The predicted octanol–water partition coefficient (Wildman–Crippen LogP) is 2.10. The number of carbonyl (C=O) groups is 1. The largest absolute Gasteiger partial charge is 0.485 e. The summed E-state index contributed by atoms with van der Waals surface area (Å²) in [6.07, 6.45) is 3.09. The SMILES string of the molecule is CCOC(=O)C=Cc1scc2c1OCCO2.